The van der Waals surface area contributed by atoms with Gasteiger partial charge in [-0.1, -0.05) is 12.1 Å². The molecule has 6 heteroatoms. The minimum atomic E-state index is -0.431. The number of carbonyl (C=O) groups is 2. The van der Waals surface area contributed by atoms with Crippen molar-refractivity contribution in [3.63, 3.8) is 0 Å². The minimum Gasteiger partial charge on any atom is -0.493 e. The first kappa shape index (κ1) is 19.0. The van der Waals surface area contributed by atoms with Crippen molar-refractivity contribution in [3.05, 3.63) is 46.8 Å². The standard InChI is InChI=1S/C21H25NO5/c1-5-27-21(24)18-12(2)22-14-7-6-8-15(23)20(14)19(18)13-9-10-16(25-3)17(11-13)26-4/h7,9-11,19-20,22H,5-6,8H2,1-4H3. The maximum absolute atomic E-state index is 12.8. The lowest BCUT2D eigenvalue weighted by molar-refractivity contribution is -0.139. The Morgan fingerprint density at radius 2 is 1.93 bits per heavy atom. The molecule has 0 amide bonds. The number of rotatable bonds is 5. The molecule has 3 rings (SSSR count). The molecule has 0 bridgehead atoms. The number of methoxy groups -OCH3 is 2. The van der Waals surface area contributed by atoms with Gasteiger partial charge in [0.1, 0.15) is 5.78 Å². The fraction of sp³-hybridized carbons (Fsp3) is 0.429. The van der Waals surface area contributed by atoms with Gasteiger partial charge in [0.05, 0.1) is 32.3 Å². The van der Waals surface area contributed by atoms with Crippen molar-refractivity contribution in [2.45, 2.75) is 32.6 Å². The van der Waals surface area contributed by atoms with Crippen LogP contribution in [-0.2, 0) is 14.3 Å². The van der Waals surface area contributed by atoms with Gasteiger partial charge < -0.3 is 19.5 Å². The van der Waals surface area contributed by atoms with Crippen LogP contribution in [0.3, 0.4) is 0 Å². The van der Waals surface area contributed by atoms with Crippen LogP contribution in [0.5, 0.6) is 11.5 Å². The third kappa shape index (κ3) is 3.44. The molecule has 6 nitrogen and oxygen atoms in total. The number of hydrogen-bond acceptors (Lipinski definition) is 6. The molecule has 0 fully saturated rings. The van der Waals surface area contributed by atoms with E-state index in [1.54, 1.807) is 27.2 Å². The fourth-order valence-corrected chi connectivity index (χ4v) is 3.90. The van der Waals surface area contributed by atoms with Crippen LogP contribution < -0.4 is 14.8 Å². The van der Waals surface area contributed by atoms with Crippen molar-refractivity contribution in [1.29, 1.82) is 0 Å². The second-order valence-electron chi connectivity index (χ2n) is 6.62. The monoisotopic (exact) mass is 371 g/mol. The van der Waals surface area contributed by atoms with E-state index in [1.165, 1.54) is 0 Å². The molecule has 0 saturated carbocycles. The number of fused-ring (bicyclic) bond motifs is 1. The number of esters is 1. The molecule has 0 aromatic heterocycles. The zero-order valence-corrected chi connectivity index (χ0v) is 16.1. The summed E-state index contributed by atoms with van der Waals surface area (Å²) >= 11 is 0. The van der Waals surface area contributed by atoms with Gasteiger partial charge in [-0.05, 0) is 38.0 Å². The Balaban J connectivity index is 2.17. The molecular weight excluding hydrogens is 346 g/mol. The molecule has 144 valence electrons. The van der Waals surface area contributed by atoms with Gasteiger partial charge >= 0.3 is 5.97 Å². The molecule has 1 aliphatic carbocycles. The second kappa shape index (κ2) is 7.86. The van der Waals surface area contributed by atoms with Crippen LogP contribution in [0.2, 0.25) is 0 Å². The van der Waals surface area contributed by atoms with Crippen LogP contribution in [-0.4, -0.2) is 32.6 Å². The molecule has 2 aliphatic rings. The van der Waals surface area contributed by atoms with Crippen molar-refractivity contribution in [1.82, 2.24) is 5.32 Å². The Morgan fingerprint density at radius 1 is 1.19 bits per heavy atom. The smallest absolute Gasteiger partial charge is 0.336 e. The maximum Gasteiger partial charge on any atom is 0.336 e. The molecule has 1 aromatic carbocycles. The van der Waals surface area contributed by atoms with E-state index in [2.05, 4.69) is 5.32 Å². The highest BCUT2D eigenvalue weighted by Crippen LogP contribution is 2.45. The lowest BCUT2D eigenvalue weighted by Crippen LogP contribution is -2.40. The summed E-state index contributed by atoms with van der Waals surface area (Å²) in [6.45, 7) is 3.89. The predicted molar refractivity (Wildman–Crippen MR) is 101 cm³/mol. The van der Waals surface area contributed by atoms with Gasteiger partial charge in [-0.15, -0.1) is 0 Å². The molecule has 1 heterocycles. The highest BCUT2D eigenvalue weighted by atomic mass is 16.5. The van der Waals surface area contributed by atoms with Crippen molar-refractivity contribution in [3.8, 4) is 11.5 Å². The molecule has 1 aromatic rings. The first-order valence-corrected chi connectivity index (χ1v) is 9.11. The fourth-order valence-electron chi connectivity index (χ4n) is 3.90. The van der Waals surface area contributed by atoms with E-state index in [4.69, 9.17) is 14.2 Å². The lowest BCUT2D eigenvalue weighted by Gasteiger charge is -2.38. The van der Waals surface area contributed by atoms with E-state index in [0.717, 1.165) is 11.3 Å². The van der Waals surface area contributed by atoms with Crippen LogP contribution in [0.1, 0.15) is 38.2 Å². The molecule has 1 aliphatic heterocycles. The van der Waals surface area contributed by atoms with E-state index in [1.807, 2.05) is 25.1 Å². The number of benzene rings is 1. The average molecular weight is 371 g/mol. The average Bonchev–Trinajstić information content (AvgIpc) is 2.66. The second-order valence-corrected chi connectivity index (χ2v) is 6.62. The van der Waals surface area contributed by atoms with Crippen LogP contribution in [0.15, 0.2) is 41.2 Å². The number of allylic oxidation sites excluding steroid dienone is 3. The molecule has 0 saturated heterocycles. The maximum atomic E-state index is 12.8. The van der Waals surface area contributed by atoms with Gasteiger partial charge in [-0.2, -0.15) is 0 Å². The highest BCUT2D eigenvalue weighted by Gasteiger charge is 2.43. The van der Waals surface area contributed by atoms with E-state index in [0.29, 0.717) is 35.6 Å². The normalized spacial score (nSPS) is 21.8. The number of ether oxygens (including phenoxy) is 3. The summed E-state index contributed by atoms with van der Waals surface area (Å²) in [5.74, 6) is 0.0143. The molecule has 27 heavy (non-hydrogen) atoms. The molecule has 0 radical (unpaired) electrons. The molecule has 1 N–H and O–H groups in total. The Kier molecular flexibility index (Phi) is 5.54. The van der Waals surface area contributed by atoms with E-state index in [9.17, 15) is 9.59 Å². The summed E-state index contributed by atoms with van der Waals surface area (Å²) in [7, 11) is 3.14. The summed E-state index contributed by atoms with van der Waals surface area (Å²) in [5.41, 5.74) is 2.88. The van der Waals surface area contributed by atoms with Crippen LogP contribution in [0.25, 0.3) is 0 Å². The van der Waals surface area contributed by atoms with Crippen molar-refractivity contribution >= 4 is 11.8 Å². The zero-order chi connectivity index (χ0) is 19.6. The van der Waals surface area contributed by atoms with Crippen molar-refractivity contribution < 1.29 is 23.8 Å². The van der Waals surface area contributed by atoms with Gasteiger partial charge in [0, 0.05) is 23.7 Å². The van der Waals surface area contributed by atoms with Crippen LogP contribution in [0, 0.1) is 5.92 Å². The molecule has 2 atom stereocenters. The summed E-state index contributed by atoms with van der Waals surface area (Å²) in [4.78, 5) is 25.6. The number of Topliss-reactive ketones (excluding diaryl/α,β-unsaturated/α-hetero) is 1. The number of carbonyl (C=O) groups excluding carboxylic acids is 2. The summed E-state index contributed by atoms with van der Waals surface area (Å²) in [6.07, 6.45) is 3.22. The van der Waals surface area contributed by atoms with Gasteiger partial charge in [0.2, 0.25) is 0 Å². The third-order valence-corrected chi connectivity index (χ3v) is 5.08. The summed E-state index contributed by atoms with van der Waals surface area (Å²) < 4.78 is 16.0. The number of nitrogens with one attached hydrogen (secondary N) is 1. The van der Waals surface area contributed by atoms with Gasteiger partial charge in [-0.25, -0.2) is 4.79 Å². The highest BCUT2D eigenvalue weighted by molar-refractivity contribution is 5.96. The number of hydrogen-bond donors (Lipinski definition) is 1. The Morgan fingerprint density at radius 3 is 2.59 bits per heavy atom. The van der Waals surface area contributed by atoms with Crippen molar-refractivity contribution in [2.75, 3.05) is 20.8 Å². The Hall–Kier alpha value is -2.76. The Bertz CT molecular complexity index is 824. The molecular formula is C21H25NO5. The van der Waals surface area contributed by atoms with E-state index >= 15 is 0 Å². The first-order valence-electron chi connectivity index (χ1n) is 9.11. The van der Waals surface area contributed by atoms with Crippen LogP contribution >= 0.6 is 0 Å². The topological polar surface area (TPSA) is 73.9 Å². The largest absolute Gasteiger partial charge is 0.493 e. The van der Waals surface area contributed by atoms with Gasteiger partial charge in [0.25, 0.3) is 0 Å². The van der Waals surface area contributed by atoms with E-state index < -0.39 is 17.8 Å². The SMILES string of the molecule is CCOC(=O)C1=C(C)NC2=CCCC(=O)C2C1c1ccc(OC)c(OC)c1. The molecule has 2 unspecified atom stereocenters. The first-order chi connectivity index (χ1) is 13.0. The predicted octanol–water partition coefficient (Wildman–Crippen LogP) is 3.09. The van der Waals surface area contributed by atoms with Gasteiger partial charge in [-0.3, -0.25) is 4.79 Å². The zero-order valence-electron chi connectivity index (χ0n) is 16.1. The summed E-state index contributed by atoms with van der Waals surface area (Å²) in [5, 5.41) is 3.25. The molecule has 0 spiro atoms. The Labute approximate surface area is 159 Å². The number of ketones is 1. The minimum absolute atomic E-state index is 0.120. The third-order valence-electron chi connectivity index (χ3n) is 5.08. The van der Waals surface area contributed by atoms with E-state index in [-0.39, 0.29) is 12.4 Å². The summed E-state index contributed by atoms with van der Waals surface area (Å²) in [6, 6.07) is 5.51. The van der Waals surface area contributed by atoms with Crippen LogP contribution in [0.4, 0.5) is 0 Å². The quantitative estimate of drug-likeness (QED) is 0.802. The van der Waals surface area contributed by atoms with Crippen molar-refractivity contribution in [2.24, 2.45) is 5.92 Å². The lowest BCUT2D eigenvalue weighted by atomic mass is 9.71. The van der Waals surface area contributed by atoms with Gasteiger partial charge in [0.15, 0.2) is 11.5 Å².